The molecule has 0 saturated carbocycles. The molecule has 0 aliphatic carbocycles. The third-order valence-corrected chi connectivity index (χ3v) is 11.9. The van der Waals surface area contributed by atoms with Crippen LogP contribution >= 0.6 is 21.6 Å². The Morgan fingerprint density at radius 2 is 1.24 bits per heavy atom. The minimum Gasteiger partial charge on any atom is -0.748 e. The quantitative estimate of drug-likeness (QED) is 0.0331. The molecule has 67 heavy (non-hydrogen) atoms. The number of hydrogen-bond donors (Lipinski definition) is 3. The van der Waals surface area contributed by atoms with Gasteiger partial charge in [0, 0.05) is 81.9 Å². The first-order chi connectivity index (χ1) is 32.0. The topological polar surface area (TPSA) is 209 Å². The number of aromatic nitrogens is 5. The molecule has 5 aromatic heterocycles. The van der Waals surface area contributed by atoms with Crippen LogP contribution in [0.25, 0.3) is 33.9 Å². The Hall–Kier alpha value is -6.14. The number of aryl methyl sites for hydroxylation is 1. The molecule has 1 radical (unpaired) electrons. The fourth-order valence-corrected chi connectivity index (χ4v) is 8.16. The van der Waals surface area contributed by atoms with Gasteiger partial charge in [0.1, 0.15) is 11.1 Å². The third-order valence-electron chi connectivity index (χ3n) is 8.91. The minimum absolute atomic E-state index is 0. The smallest absolute Gasteiger partial charge is 0.252 e. The average molecular weight is 1130 g/mol. The van der Waals surface area contributed by atoms with Gasteiger partial charge in [-0.3, -0.25) is 24.4 Å². The van der Waals surface area contributed by atoms with Crippen LogP contribution in [0.4, 0.5) is 0 Å². The van der Waals surface area contributed by atoms with Crippen molar-refractivity contribution in [3.63, 3.8) is 0 Å². The Labute approximate surface area is 412 Å². The molecule has 1 atom stereocenters. The van der Waals surface area contributed by atoms with E-state index in [1.54, 1.807) is 41.6 Å². The van der Waals surface area contributed by atoms with Crippen LogP contribution in [-0.4, -0.2) is 86.2 Å². The van der Waals surface area contributed by atoms with E-state index in [0.717, 1.165) is 33.1 Å². The van der Waals surface area contributed by atoms with E-state index in [9.17, 15) is 27.4 Å². The van der Waals surface area contributed by atoms with E-state index in [4.69, 9.17) is 0 Å². The van der Waals surface area contributed by atoms with Gasteiger partial charge in [-0.2, -0.15) is 0 Å². The average Bonchev–Trinajstić information content (AvgIpc) is 3.35. The Bertz CT molecular complexity index is 2510. The van der Waals surface area contributed by atoms with Crippen LogP contribution < -0.4 is 16.0 Å². The van der Waals surface area contributed by atoms with E-state index >= 15 is 0 Å². The molecule has 1 unspecified atom stereocenters. The Morgan fingerprint density at radius 3 is 1.79 bits per heavy atom. The number of hydrogen-bond acceptors (Lipinski definition) is 13. The fourth-order valence-electron chi connectivity index (χ4n) is 5.73. The van der Waals surface area contributed by atoms with Gasteiger partial charge in [0.15, 0.2) is 0 Å². The molecule has 3 N–H and O–H groups in total. The number of nitrogens with zero attached hydrogens (tertiary/aromatic N) is 5. The summed E-state index contributed by atoms with van der Waals surface area (Å²) in [7, 11) is -1.72. The molecule has 7 aromatic rings. The van der Waals surface area contributed by atoms with Gasteiger partial charge in [-0.15, -0.1) is 71.8 Å². The zero-order valence-electron chi connectivity index (χ0n) is 36.3. The standard InChI is InChI=1S/C27H32N6O6S3.2C11H8N.Ir/c1-19-8-12-28-21(16-19)22-17-20(9-13-29-22)26(35)33-23(18-42(37,38)39)27(36)32-11-4-2-6-24(34)30-14-15-40-41-25-7-3-5-10-31-25;2*1-2-6-10(7-3-1)11-8-4-5-9-12-11;/h3,5,7-10,12-13,16-17,23H,2,4,6,11,14-15,18H2,1H3,(H,30,34)(H,32,36)(H,33,35)(H,37,38,39);2*1-6,8-9H;/q;2*-1;/p-1. The third kappa shape index (κ3) is 20.5. The molecule has 0 saturated heterocycles. The van der Waals surface area contributed by atoms with Gasteiger partial charge < -0.3 is 30.5 Å². The number of carbonyl (C=O) groups is 3. The first-order valence-electron chi connectivity index (χ1n) is 20.7. The largest absolute Gasteiger partial charge is 0.748 e. The molecule has 349 valence electrons. The molecular weight excluding hydrogens is 1090 g/mol. The van der Waals surface area contributed by atoms with Crippen molar-refractivity contribution >= 4 is 49.4 Å². The molecule has 18 heteroatoms. The molecule has 0 fully saturated rings. The van der Waals surface area contributed by atoms with Crippen LogP contribution in [0.1, 0.15) is 35.2 Å². The van der Waals surface area contributed by atoms with Crippen LogP contribution in [0.15, 0.2) is 163 Å². The van der Waals surface area contributed by atoms with Crippen molar-refractivity contribution in [1.82, 2.24) is 40.9 Å². The van der Waals surface area contributed by atoms with Crippen LogP contribution in [0.2, 0.25) is 0 Å². The van der Waals surface area contributed by atoms with Crippen molar-refractivity contribution in [2.45, 2.75) is 37.3 Å². The maximum absolute atomic E-state index is 12.9. The molecule has 0 bridgehead atoms. The molecule has 14 nitrogen and oxygen atoms in total. The molecule has 0 aliphatic heterocycles. The fraction of sp³-hybridized carbons (Fsp3) is 0.184. The number of nitrogens with one attached hydrogen (secondary N) is 3. The van der Waals surface area contributed by atoms with Gasteiger partial charge in [-0.05, 0) is 96.0 Å². The zero-order chi connectivity index (χ0) is 46.8. The predicted molar refractivity (Wildman–Crippen MR) is 257 cm³/mol. The number of benzene rings is 2. The number of amides is 3. The second kappa shape index (κ2) is 29.5. The molecule has 7 rings (SSSR count). The Kier molecular flexibility index (Phi) is 23.5. The monoisotopic (exact) mass is 1130 g/mol. The summed E-state index contributed by atoms with van der Waals surface area (Å²) < 4.78 is 34.3. The summed E-state index contributed by atoms with van der Waals surface area (Å²) in [6.45, 7) is 2.52. The second-order valence-corrected chi connectivity index (χ2v) is 17.9. The Morgan fingerprint density at radius 1 is 0.657 bits per heavy atom. The maximum Gasteiger partial charge on any atom is 0.252 e. The van der Waals surface area contributed by atoms with E-state index in [-0.39, 0.29) is 44.5 Å². The molecule has 2 aromatic carbocycles. The molecular formula is C49H47IrN8O6S3-3. The van der Waals surface area contributed by atoms with Gasteiger partial charge in [0.2, 0.25) is 11.8 Å². The molecule has 0 spiro atoms. The number of pyridine rings is 5. The van der Waals surface area contributed by atoms with Crippen molar-refractivity contribution in [1.29, 1.82) is 0 Å². The van der Waals surface area contributed by atoms with Crippen LogP contribution in [0, 0.1) is 19.1 Å². The summed E-state index contributed by atoms with van der Waals surface area (Å²) in [5.74, 6) is -2.08. The summed E-state index contributed by atoms with van der Waals surface area (Å²) in [5.41, 5.74) is 6.03. The number of carbonyl (C=O) groups excluding carboxylic acids is 3. The molecule has 0 aliphatic rings. The van der Waals surface area contributed by atoms with E-state index in [1.165, 1.54) is 29.1 Å². The van der Waals surface area contributed by atoms with Crippen molar-refractivity contribution in [3.05, 3.63) is 182 Å². The van der Waals surface area contributed by atoms with Crippen molar-refractivity contribution < 1.29 is 47.5 Å². The molecule has 3 amide bonds. The van der Waals surface area contributed by atoms with Crippen LogP contribution in [-0.2, 0) is 39.8 Å². The summed E-state index contributed by atoms with van der Waals surface area (Å²) in [6.07, 6.45) is 9.46. The van der Waals surface area contributed by atoms with Gasteiger partial charge >= 0.3 is 0 Å². The van der Waals surface area contributed by atoms with Crippen molar-refractivity contribution in [2.24, 2.45) is 0 Å². The van der Waals surface area contributed by atoms with Gasteiger partial charge in [-0.1, -0.05) is 41.1 Å². The number of rotatable bonds is 18. The van der Waals surface area contributed by atoms with Gasteiger partial charge in [0.25, 0.3) is 5.91 Å². The second-order valence-electron chi connectivity index (χ2n) is 14.1. The summed E-state index contributed by atoms with van der Waals surface area (Å²) >= 11 is 0. The summed E-state index contributed by atoms with van der Waals surface area (Å²) in [4.78, 5) is 58.7. The van der Waals surface area contributed by atoms with Crippen molar-refractivity contribution in [3.8, 4) is 33.9 Å². The first-order valence-corrected chi connectivity index (χ1v) is 24.6. The minimum atomic E-state index is -4.84. The Balaban J connectivity index is 0.000000313. The van der Waals surface area contributed by atoms with E-state index in [2.05, 4.69) is 53.0 Å². The number of unbranched alkanes of at least 4 members (excludes halogenated alkanes) is 1. The van der Waals surface area contributed by atoms with Gasteiger partial charge in [-0.25, -0.2) is 13.4 Å². The van der Waals surface area contributed by atoms with E-state index in [0.29, 0.717) is 36.5 Å². The normalized spacial score (nSPS) is 10.9. The summed E-state index contributed by atoms with van der Waals surface area (Å²) in [5, 5.41) is 8.59. The maximum atomic E-state index is 12.9. The molecule has 5 heterocycles. The first kappa shape index (κ1) is 53.5. The SMILES string of the molecule is Cc1ccnc(-c2cc(C(=O)NC(CS(=O)(=O)[O-])C(=O)NCCCCC(=O)NCCSSc3ccccn3)ccn2)c1.[Ir].[c-]1ccccc1-c1ccccn1.[c-]1ccccc1-c1ccccn1. The van der Waals surface area contributed by atoms with Gasteiger partial charge in [0.05, 0.1) is 27.3 Å². The van der Waals surface area contributed by atoms with Crippen LogP contribution in [0.3, 0.4) is 0 Å². The zero-order valence-corrected chi connectivity index (χ0v) is 41.1. The van der Waals surface area contributed by atoms with E-state index < -0.39 is 33.7 Å². The summed E-state index contributed by atoms with van der Waals surface area (Å²) in [6, 6.07) is 44.2. The van der Waals surface area contributed by atoms with E-state index in [1.807, 2.05) is 116 Å². The van der Waals surface area contributed by atoms with Crippen molar-refractivity contribution in [2.75, 3.05) is 24.6 Å². The van der Waals surface area contributed by atoms with Crippen LogP contribution in [0.5, 0.6) is 0 Å². The predicted octanol–water partition coefficient (Wildman–Crippen LogP) is 7.43.